The second-order valence-electron chi connectivity index (χ2n) is 7.80. The lowest BCUT2D eigenvalue weighted by Crippen LogP contribution is -2.46. The minimum atomic E-state index is -0.844. The number of rotatable bonds is 7. The predicted molar refractivity (Wildman–Crippen MR) is 102 cm³/mol. The van der Waals surface area contributed by atoms with Crippen molar-refractivity contribution in [3.8, 4) is 0 Å². The fourth-order valence-electron chi connectivity index (χ4n) is 2.59. The molecule has 1 aromatic rings. The molecule has 1 rings (SSSR count). The number of amides is 1. The lowest BCUT2D eigenvalue weighted by Gasteiger charge is -2.28. The molecule has 0 bridgehead atoms. The second kappa shape index (κ2) is 9.57. The first-order valence-electron chi connectivity index (χ1n) is 9.00. The van der Waals surface area contributed by atoms with Crippen LogP contribution in [0.5, 0.6) is 0 Å². The summed E-state index contributed by atoms with van der Waals surface area (Å²) in [6.45, 7) is 10.7. The van der Waals surface area contributed by atoms with Crippen LogP contribution in [0.25, 0.3) is 0 Å². The highest BCUT2D eigenvalue weighted by atomic mass is 16.6. The summed E-state index contributed by atoms with van der Waals surface area (Å²) in [5, 5.41) is 2.64. The Bertz CT molecular complexity index is 579. The van der Waals surface area contributed by atoms with Crippen LogP contribution in [0.15, 0.2) is 30.3 Å². The molecule has 0 spiro atoms. The van der Waals surface area contributed by atoms with Crippen LogP contribution >= 0.6 is 0 Å². The van der Waals surface area contributed by atoms with E-state index in [4.69, 9.17) is 15.2 Å². The fourth-order valence-corrected chi connectivity index (χ4v) is 2.59. The quantitative estimate of drug-likeness (QED) is 0.724. The van der Waals surface area contributed by atoms with E-state index >= 15 is 0 Å². The van der Waals surface area contributed by atoms with E-state index in [-0.39, 0.29) is 18.1 Å². The molecule has 0 aromatic heterocycles. The van der Waals surface area contributed by atoms with Crippen LogP contribution in [0.1, 0.15) is 59.4 Å². The maximum Gasteiger partial charge on any atom is 0.408 e. The first-order valence-corrected chi connectivity index (χ1v) is 9.00. The van der Waals surface area contributed by atoms with E-state index in [0.29, 0.717) is 6.42 Å². The van der Waals surface area contributed by atoms with Crippen molar-refractivity contribution in [1.82, 2.24) is 5.32 Å². The van der Waals surface area contributed by atoms with Gasteiger partial charge in [-0.05, 0) is 53.5 Å². The van der Waals surface area contributed by atoms with Gasteiger partial charge in [-0.2, -0.15) is 0 Å². The SMILES string of the molecule is CC(C)OC(=O)C(C[C@@H](c1ccccc1)[C@@H](C)N)NC(=O)OC(C)(C)C. The van der Waals surface area contributed by atoms with Crippen LogP contribution in [0, 0.1) is 0 Å². The van der Waals surface area contributed by atoms with Crippen LogP contribution in [0.4, 0.5) is 4.79 Å². The van der Waals surface area contributed by atoms with Gasteiger partial charge in [0.15, 0.2) is 0 Å². The van der Waals surface area contributed by atoms with Crippen LogP contribution in [-0.4, -0.2) is 35.9 Å². The molecule has 0 aliphatic carbocycles. The summed E-state index contributed by atoms with van der Waals surface area (Å²) in [5.74, 6) is -0.608. The number of hydrogen-bond acceptors (Lipinski definition) is 5. The molecule has 0 radical (unpaired) electrons. The van der Waals surface area contributed by atoms with Gasteiger partial charge >= 0.3 is 12.1 Å². The first kappa shape index (κ1) is 22.0. The summed E-state index contributed by atoms with van der Waals surface area (Å²) in [5.41, 5.74) is 6.51. The Labute approximate surface area is 156 Å². The van der Waals surface area contributed by atoms with Crippen LogP contribution in [0.3, 0.4) is 0 Å². The molecule has 6 nitrogen and oxygen atoms in total. The normalized spacial score (nSPS) is 15.1. The predicted octanol–water partition coefficient (Wildman–Crippen LogP) is 3.35. The molecule has 3 N–H and O–H groups in total. The molecule has 26 heavy (non-hydrogen) atoms. The lowest BCUT2D eigenvalue weighted by molar-refractivity contribution is -0.150. The molecule has 0 saturated carbocycles. The lowest BCUT2D eigenvalue weighted by atomic mass is 9.87. The van der Waals surface area contributed by atoms with Crippen molar-refractivity contribution in [2.45, 2.75) is 77.7 Å². The molecule has 3 atom stereocenters. The highest BCUT2D eigenvalue weighted by Crippen LogP contribution is 2.25. The van der Waals surface area contributed by atoms with E-state index in [2.05, 4.69) is 5.32 Å². The molecule has 146 valence electrons. The fraction of sp³-hybridized carbons (Fsp3) is 0.600. The number of nitrogens with one attached hydrogen (secondary N) is 1. The maximum atomic E-state index is 12.5. The van der Waals surface area contributed by atoms with Crippen molar-refractivity contribution in [1.29, 1.82) is 0 Å². The Morgan fingerprint density at radius 1 is 1.12 bits per heavy atom. The van der Waals surface area contributed by atoms with Gasteiger partial charge in [-0.15, -0.1) is 0 Å². The Morgan fingerprint density at radius 3 is 2.15 bits per heavy atom. The van der Waals surface area contributed by atoms with Gasteiger partial charge in [0.25, 0.3) is 0 Å². The standard InChI is InChI=1S/C20H32N2O4/c1-13(2)25-18(23)17(22-19(24)26-20(4,5)6)12-16(14(3)21)15-10-8-7-9-11-15/h7-11,13-14,16-17H,12,21H2,1-6H3,(H,22,24)/t14-,16-,17?/m1/s1. The smallest absolute Gasteiger partial charge is 0.408 e. The van der Waals surface area contributed by atoms with Gasteiger partial charge < -0.3 is 20.5 Å². The third-order valence-corrected chi connectivity index (χ3v) is 3.68. The Morgan fingerprint density at radius 2 is 1.69 bits per heavy atom. The van der Waals surface area contributed by atoms with Crippen molar-refractivity contribution < 1.29 is 19.1 Å². The van der Waals surface area contributed by atoms with E-state index in [1.807, 2.05) is 37.3 Å². The monoisotopic (exact) mass is 364 g/mol. The number of benzene rings is 1. The molecule has 0 aliphatic rings. The minimum absolute atomic E-state index is 0.115. The number of hydrogen-bond donors (Lipinski definition) is 2. The summed E-state index contributed by atoms with van der Waals surface area (Å²) >= 11 is 0. The number of esters is 1. The first-order chi connectivity index (χ1) is 12.0. The van der Waals surface area contributed by atoms with Gasteiger partial charge in [0, 0.05) is 12.0 Å². The summed E-state index contributed by atoms with van der Waals surface area (Å²) in [4.78, 5) is 24.7. The molecule has 0 saturated heterocycles. The molecule has 0 heterocycles. The average molecular weight is 364 g/mol. The van der Waals surface area contributed by atoms with E-state index in [1.165, 1.54) is 0 Å². The number of ether oxygens (including phenoxy) is 2. The highest BCUT2D eigenvalue weighted by Gasteiger charge is 2.30. The largest absolute Gasteiger partial charge is 0.461 e. The van der Waals surface area contributed by atoms with Crippen LogP contribution in [0.2, 0.25) is 0 Å². The number of nitrogens with two attached hydrogens (primary N) is 1. The average Bonchev–Trinajstić information content (AvgIpc) is 2.49. The zero-order valence-electron chi connectivity index (χ0n) is 16.6. The summed E-state index contributed by atoms with van der Waals surface area (Å²) in [6, 6.07) is 8.65. The number of alkyl carbamates (subject to hydrolysis) is 1. The third-order valence-electron chi connectivity index (χ3n) is 3.68. The van der Waals surface area contributed by atoms with Crippen LogP contribution in [-0.2, 0) is 14.3 Å². The van der Waals surface area contributed by atoms with Crippen LogP contribution < -0.4 is 11.1 Å². The molecular formula is C20H32N2O4. The van der Waals surface area contributed by atoms with Gasteiger partial charge in [0.2, 0.25) is 0 Å². The second-order valence-corrected chi connectivity index (χ2v) is 7.80. The van der Waals surface area contributed by atoms with Gasteiger partial charge in [-0.25, -0.2) is 9.59 Å². The van der Waals surface area contributed by atoms with Crippen molar-refractivity contribution >= 4 is 12.1 Å². The van der Waals surface area contributed by atoms with Crippen molar-refractivity contribution in [3.05, 3.63) is 35.9 Å². The Balaban J connectivity index is 2.98. The van der Waals surface area contributed by atoms with Gasteiger partial charge in [0.05, 0.1) is 6.10 Å². The van der Waals surface area contributed by atoms with E-state index in [9.17, 15) is 9.59 Å². The molecule has 0 fully saturated rings. The third kappa shape index (κ3) is 7.87. The van der Waals surface area contributed by atoms with Gasteiger partial charge in [-0.3, -0.25) is 0 Å². The Kier molecular flexibility index (Phi) is 8.08. The number of carbonyl (C=O) groups excluding carboxylic acids is 2. The van der Waals surface area contributed by atoms with Crippen molar-refractivity contribution in [2.24, 2.45) is 5.73 Å². The summed E-state index contributed by atoms with van der Waals surface area (Å²) in [7, 11) is 0. The number of carbonyl (C=O) groups is 2. The topological polar surface area (TPSA) is 90.6 Å². The molecular weight excluding hydrogens is 332 g/mol. The van der Waals surface area contributed by atoms with E-state index < -0.39 is 23.7 Å². The van der Waals surface area contributed by atoms with Gasteiger partial charge in [-0.1, -0.05) is 30.3 Å². The molecule has 0 aliphatic heterocycles. The summed E-state index contributed by atoms with van der Waals surface area (Å²) < 4.78 is 10.6. The Hall–Kier alpha value is -2.08. The van der Waals surface area contributed by atoms with E-state index in [1.54, 1.807) is 34.6 Å². The zero-order valence-corrected chi connectivity index (χ0v) is 16.6. The zero-order chi connectivity index (χ0) is 19.9. The molecule has 1 unspecified atom stereocenters. The highest BCUT2D eigenvalue weighted by molar-refractivity contribution is 5.81. The molecule has 1 aromatic carbocycles. The maximum absolute atomic E-state index is 12.5. The van der Waals surface area contributed by atoms with E-state index in [0.717, 1.165) is 5.56 Å². The molecule has 1 amide bonds. The van der Waals surface area contributed by atoms with Gasteiger partial charge in [0.1, 0.15) is 11.6 Å². The van der Waals surface area contributed by atoms with Crippen molar-refractivity contribution in [2.75, 3.05) is 0 Å². The summed E-state index contributed by atoms with van der Waals surface area (Å²) in [6.07, 6.45) is -0.609. The van der Waals surface area contributed by atoms with Crippen molar-refractivity contribution in [3.63, 3.8) is 0 Å². The minimum Gasteiger partial charge on any atom is -0.461 e. The molecule has 6 heteroatoms.